The molecule has 0 saturated carbocycles. The van der Waals surface area contributed by atoms with Crippen LogP contribution in [0.5, 0.6) is 5.75 Å². The van der Waals surface area contributed by atoms with E-state index in [0.29, 0.717) is 17.0 Å². The van der Waals surface area contributed by atoms with E-state index in [1.54, 1.807) is 6.07 Å². The third-order valence-corrected chi connectivity index (χ3v) is 5.07. The van der Waals surface area contributed by atoms with Gasteiger partial charge in [0.25, 0.3) is 11.8 Å². The molecule has 2 amide bonds. The second kappa shape index (κ2) is 9.95. The van der Waals surface area contributed by atoms with E-state index in [1.807, 2.05) is 25.1 Å². The fraction of sp³-hybridized carbons (Fsp3) is 0.167. The van der Waals surface area contributed by atoms with E-state index in [1.165, 1.54) is 31.2 Å². The van der Waals surface area contributed by atoms with Gasteiger partial charge in [0, 0.05) is 11.3 Å². The molecule has 0 aliphatic carbocycles. The molecule has 3 aromatic rings. The molecule has 0 fully saturated rings. The molecule has 0 aliphatic heterocycles. The predicted molar refractivity (Wildman–Crippen MR) is 121 cm³/mol. The van der Waals surface area contributed by atoms with E-state index in [-0.39, 0.29) is 16.6 Å². The summed E-state index contributed by atoms with van der Waals surface area (Å²) in [5, 5.41) is 5.13. The van der Waals surface area contributed by atoms with Gasteiger partial charge in [0.05, 0.1) is 16.3 Å². The average Bonchev–Trinajstić information content (AvgIpc) is 2.76. The van der Waals surface area contributed by atoms with Crippen LogP contribution in [0.3, 0.4) is 0 Å². The molecule has 0 bridgehead atoms. The molecule has 33 heavy (non-hydrogen) atoms. The van der Waals surface area contributed by atoms with Gasteiger partial charge in [0.2, 0.25) is 0 Å². The first-order valence-electron chi connectivity index (χ1n) is 9.86. The number of benzene rings is 3. The van der Waals surface area contributed by atoms with Crippen molar-refractivity contribution < 1.29 is 27.5 Å². The normalized spacial score (nSPS) is 12.1. The second-order valence-corrected chi connectivity index (χ2v) is 7.64. The largest absolute Gasteiger partial charge is 0.481 e. The molecule has 9 heteroatoms. The molecule has 5 nitrogen and oxygen atoms in total. The monoisotopic (exact) mass is 476 g/mol. The zero-order valence-electron chi connectivity index (χ0n) is 17.7. The molecule has 3 aromatic carbocycles. The number of nitrogens with one attached hydrogen (secondary N) is 2. The Labute approximate surface area is 193 Å². The molecular weight excluding hydrogens is 457 g/mol. The van der Waals surface area contributed by atoms with E-state index in [0.717, 1.165) is 23.8 Å². The van der Waals surface area contributed by atoms with E-state index in [4.69, 9.17) is 16.3 Å². The van der Waals surface area contributed by atoms with Crippen LogP contribution >= 0.6 is 11.6 Å². The summed E-state index contributed by atoms with van der Waals surface area (Å²) in [6.07, 6.45) is -5.61. The first kappa shape index (κ1) is 24.1. The second-order valence-electron chi connectivity index (χ2n) is 7.24. The van der Waals surface area contributed by atoms with Gasteiger partial charge in [-0.05, 0) is 67.9 Å². The van der Waals surface area contributed by atoms with Crippen LogP contribution in [0.4, 0.5) is 24.5 Å². The molecular formula is C24H20ClF3N2O3. The minimum Gasteiger partial charge on any atom is -0.481 e. The summed E-state index contributed by atoms with van der Waals surface area (Å²) >= 11 is 5.91. The minimum absolute atomic E-state index is 0.0347. The Morgan fingerprint density at radius 2 is 1.61 bits per heavy atom. The van der Waals surface area contributed by atoms with Crippen LogP contribution in [0.25, 0.3) is 0 Å². The number of ether oxygens (including phenoxy) is 1. The van der Waals surface area contributed by atoms with Crippen molar-refractivity contribution in [3.8, 4) is 5.75 Å². The highest BCUT2D eigenvalue weighted by Gasteiger charge is 2.31. The van der Waals surface area contributed by atoms with Crippen molar-refractivity contribution in [2.24, 2.45) is 0 Å². The number of hydrogen-bond donors (Lipinski definition) is 2. The standard InChI is InChI=1S/C24H20ClF3N2O3/c1-14-5-3-4-6-20(14)29-23(32)16-7-10-18(11-8-16)33-15(2)22(31)30-21-13-17(24(26,27)28)9-12-19(21)25/h3-13,15H,1-2H3,(H,29,32)(H,30,31). The lowest BCUT2D eigenvalue weighted by Crippen LogP contribution is -2.30. The molecule has 1 unspecified atom stereocenters. The van der Waals surface area contributed by atoms with Crippen molar-refractivity contribution in [3.05, 3.63) is 88.4 Å². The summed E-state index contributed by atoms with van der Waals surface area (Å²) in [6.45, 7) is 3.32. The van der Waals surface area contributed by atoms with Gasteiger partial charge >= 0.3 is 6.18 Å². The van der Waals surface area contributed by atoms with E-state index in [9.17, 15) is 22.8 Å². The number of hydrogen-bond acceptors (Lipinski definition) is 3. The first-order chi connectivity index (χ1) is 15.5. The van der Waals surface area contributed by atoms with Crippen LogP contribution in [-0.2, 0) is 11.0 Å². The number of alkyl halides is 3. The predicted octanol–water partition coefficient (Wildman–Crippen LogP) is 6.33. The average molecular weight is 477 g/mol. The number of halogens is 4. The number of amides is 2. The van der Waals surface area contributed by atoms with Crippen molar-refractivity contribution in [3.63, 3.8) is 0 Å². The summed E-state index contributed by atoms with van der Waals surface area (Å²) in [5.74, 6) is -0.682. The Balaban J connectivity index is 1.62. The first-order valence-corrected chi connectivity index (χ1v) is 10.2. The van der Waals surface area contributed by atoms with Crippen molar-refractivity contribution in [1.82, 2.24) is 0 Å². The van der Waals surface area contributed by atoms with Crippen LogP contribution in [0, 0.1) is 6.92 Å². The van der Waals surface area contributed by atoms with Crippen LogP contribution in [-0.4, -0.2) is 17.9 Å². The van der Waals surface area contributed by atoms with Crippen molar-refractivity contribution in [1.29, 1.82) is 0 Å². The van der Waals surface area contributed by atoms with Crippen LogP contribution < -0.4 is 15.4 Å². The van der Waals surface area contributed by atoms with Crippen molar-refractivity contribution in [2.75, 3.05) is 10.6 Å². The highest BCUT2D eigenvalue weighted by molar-refractivity contribution is 6.33. The molecule has 0 saturated heterocycles. The van der Waals surface area contributed by atoms with Gasteiger partial charge in [0.15, 0.2) is 6.10 Å². The van der Waals surface area contributed by atoms with Gasteiger partial charge in [-0.25, -0.2) is 0 Å². The molecule has 172 valence electrons. The molecule has 0 aromatic heterocycles. The molecule has 2 N–H and O–H groups in total. The Kier molecular flexibility index (Phi) is 7.28. The summed E-state index contributed by atoms with van der Waals surface area (Å²) in [4.78, 5) is 24.8. The van der Waals surface area contributed by atoms with Gasteiger partial charge in [-0.15, -0.1) is 0 Å². The SMILES string of the molecule is Cc1ccccc1NC(=O)c1ccc(OC(C)C(=O)Nc2cc(C(F)(F)F)ccc2Cl)cc1. The van der Waals surface area contributed by atoms with E-state index >= 15 is 0 Å². The van der Waals surface area contributed by atoms with Crippen LogP contribution in [0.2, 0.25) is 5.02 Å². The third kappa shape index (κ3) is 6.26. The maximum atomic E-state index is 12.9. The fourth-order valence-corrected chi connectivity index (χ4v) is 3.05. The number of carbonyl (C=O) groups is 2. The summed E-state index contributed by atoms with van der Waals surface area (Å²) < 4.78 is 44.3. The Morgan fingerprint density at radius 1 is 0.939 bits per heavy atom. The smallest absolute Gasteiger partial charge is 0.416 e. The summed E-state index contributed by atoms with van der Waals surface area (Å²) in [6, 6.07) is 16.1. The van der Waals surface area contributed by atoms with Gasteiger partial charge in [-0.1, -0.05) is 29.8 Å². The number of para-hydroxylation sites is 1. The highest BCUT2D eigenvalue weighted by Crippen LogP contribution is 2.34. The molecule has 0 heterocycles. The summed E-state index contributed by atoms with van der Waals surface area (Å²) in [5.41, 5.74) is 0.900. The maximum Gasteiger partial charge on any atom is 0.416 e. The Bertz CT molecular complexity index is 1160. The highest BCUT2D eigenvalue weighted by atomic mass is 35.5. The zero-order chi connectivity index (χ0) is 24.2. The van der Waals surface area contributed by atoms with E-state index < -0.39 is 23.8 Å². The number of carbonyl (C=O) groups excluding carboxylic acids is 2. The molecule has 0 spiro atoms. The van der Waals surface area contributed by atoms with E-state index in [2.05, 4.69) is 10.6 Å². The topological polar surface area (TPSA) is 67.4 Å². The lowest BCUT2D eigenvalue weighted by molar-refractivity contribution is -0.137. The molecule has 0 aliphatic rings. The third-order valence-electron chi connectivity index (χ3n) is 4.74. The van der Waals surface area contributed by atoms with Gasteiger partial charge < -0.3 is 15.4 Å². The lowest BCUT2D eigenvalue weighted by atomic mass is 10.1. The number of rotatable bonds is 6. The quantitative estimate of drug-likeness (QED) is 0.437. The van der Waals surface area contributed by atoms with Gasteiger partial charge in [-0.2, -0.15) is 13.2 Å². The van der Waals surface area contributed by atoms with Gasteiger partial charge in [0.1, 0.15) is 5.75 Å². The van der Waals surface area contributed by atoms with Gasteiger partial charge in [-0.3, -0.25) is 9.59 Å². The van der Waals surface area contributed by atoms with Crippen molar-refractivity contribution in [2.45, 2.75) is 26.1 Å². The Hall–Kier alpha value is -3.52. The minimum atomic E-state index is -4.57. The molecule has 0 radical (unpaired) electrons. The number of aryl methyl sites for hydroxylation is 1. The number of anilines is 2. The molecule has 3 rings (SSSR count). The summed E-state index contributed by atoms with van der Waals surface area (Å²) in [7, 11) is 0. The zero-order valence-corrected chi connectivity index (χ0v) is 18.4. The lowest BCUT2D eigenvalue weighted by Gasteiger charge is -2.16. The van der Waals surface area contributed by atoms with Crippen molar-refractivity contribution >= 4 is 34.8 Å². The van der Waals surface area contributed by atoms with Crippen LogP contribution in [0.1, 0.15) is 28.4 Å². The fourth-order valence-electron chi connectivity index (χ4n) is 2.88. The van der Waals surface area contributed by atoms with Crippen LogP contribution in [0.15, 0.2) is 66.7 Å². The Morgan fingerprint density at radius 3 is 2.24 bits per heavy atom. The molecule has 1 atom stereocenters. The maximum absolute atomic E-state index is 12.9.